The van der Waals surface area contributed by atoms with E-state index in [4.69, 9.17) is 0 Å². The topological polar surface area (TPSA) is 88.7 Å². The first kappa shape index (κ1) is 14.1. The van der Waals surface area contributed by atoms with E-state index in [2.05, 4.69) is 16.7 Å². The minimum atomic E-state index is -1.42. The number of halogens is 1. The number of carbonyl (C=O) groups is 1. The second-order valence-electron chi connectivity index (χ2n) is 5.83. The van der Waals surface area contributed by atoms with Crippen molar-refractivity contribution in [2.45, 2.75) is 33.4 Å². The number of rotatable bonds is 1. The van der Waals surface area contributed by atoms with Crippen molar-refractivity contribution >= 4 is 28.5 Å². The van der Waals surface area contributed by atoms with Crippen LogP contribution in [0.25, 0.3) is 0 Å². The average Bonchev–Trinajstić information content (AvgIpc) is 2.43. The summed E-state index contributed by atoms with van der Waals surface area (Å²) in [5.74, 6) is -0.309. The highest BCUT2D eigenvalue weighted by Gasteiger charge is 2.74. The number of nitrogens with one attached hydrogen (secondary N) is 2. The van der Waals surface area contributed by atoms with Gasteiger partial charge in [-0.15, -0.1) is 0 Å². The molecule has 0 aromatic heterocycles. The molecule has 0 aromatic carbocycles. The number of amides is 1. The highest BCUT2D eigenvalue weighted by atomic mass is 127. The molecule has 1 fully saturated rings. The van der Waals surface area contributed by atoms with Crippen molar-refractivity contribution in [2.24, 2.45) is 16.7 Å². The number of carbonyl (C=O) groups excluding carboxylic acids is 1. The lowest BCUT2D eigenvalue weighted by Gasteiger charge is -2.51. The Morgan fingerprint density at radius 2 is 1.84 bits per heavy atom. The van der Waals surface area contributed by atoms with E-state index < -0.39 is 16.5 Å². The molecule has 1 amide bonds. The van der Waals surface area contributed by atoms with Crippen LogP contribution < -0.4 is 10.6 Å². The zero-order valence-corrected chi connectivity index (χ0v) is 13.4. The van der Waals surface area contributed by atoms with Crippen LogP contribution in [-0.2, 0) is 4.79 Å². The second-order valence-corrected chi connectivity index (χ2v) is 6.91. The minimum absolute atomic E-state index is 0.0756. The number of nitrogens with zero attached hydrogens (tertiary/aromatic N) is 2. The molecule has 2 atom stereocenters. The Labute approximate surface area is 126 Å². The highest BCUT2D eigenvalue weighted by molar-refractivity contribution is 14.1. The lowest BCUT2D eigenvalue weighted by molar-refractivity contribution is -0.125. The summed E-state index contributed by atoms with van der Waals surface area (Å²) >= 11 is 2.00. The molecule has 0 saturated carbocycles. The minimum Gasteiger partial charge on any atom is -0.356 e. The summed E-state index contributed by atoms with van der Waals surface area (Å²) in [5, 5.41) is 25.2. The smallest absolute Gasteiger partial charge is 0.248 e. The fourth-order valence-electron chi connectivity index (χ4n) is 3.41. The molecule has 0 aromatic rings. The zero-order chi connectivity index (χ0) is 14.6. The van der Waals surface area contributed by atoms with Crippen LogP contribution in [0.15, 0.2) is 9.28 Å². The molecule has 2 N–H and O–H groups in total. The molecule has 2 rings (SSSR count). The molecule has 2 aliphatic heterocycles. The summed E-state index contributed by atoms with van der Waals surface area (Å²) in [5.41, 5.74) is -2.64. The van der Waals surface area contributed by atoms with Gasteiger partial charge in [0.2, 0.25) is 5.91 Å². The maximum Gasteiger partial charge on any atom is 0.248 e. The normalized spacial score (nSPS) is 35.5. The van der Waals surface area contributed by atoms with E-state index in [9.17, 15) is 15.3 Å². The highest BCUT2D eigenvalue weighted by Crippen LogP contribution is 2.60. The molecule has 0 aliphatic carbocycles. The second kappa shape index (κ2) is 3.86. The Morgan fingerprint density at radius 3 is 2.26 bits per heavy atom. The summed E-state index contributed by atoms with van der Waals surface area (Å²) in [6.45, 7) is 7.70. The molecular weight excluding hydrogens is 355 g/mol. The van der Waals surface area contributed by atoms with E-state index in [1.807, 2.05) is 56.4 Å². The van der Waals surface area contributed by atoms with E-state index in [0.717, 1.165) is 0 Å². The summed E-state index contributed by atoms with van der Waals surface area (Å²) < 4.78 is 0.577. The fourth-order valence-corrected chi connectivity index (χ4v) is 4.36. The first-order valence-corrected chi connectivity index (χ1v) is 7.11. The quantitative estimate of drug-likeness (QED) is 0.544. The molecule has 6 heteroatoms. The molecule has 2 aliphatic rings. The number of hydrogen-bond acceptors (Lipinski definition) is 4. The summed E-state index contributed by atoms with van der Waals surface area (Å²) in [4.78, 5) is 12.5. The molecule has 100 valence electrons. The third-order valence-electron chi connectivity index (χ3n) is 4.62. The Balaban J connectivity index is 2.88. The number of nitriles is 2. The number of hydrogen-bond donors (Lipinski definition) is 2. The Kier molecular flexibility index (Phi) is 2.87. The van der Waals surface area contributed by atoms with Gasteiger partial charge in [-0.05, 0) is 28.5 Å². The maximum atomic E-state index is 12.5. The van der Waals surface area contributed by atoms with Crippen molar-refractivity contribution in [3.8, 4) is 12.1 Å². The van der Waals surface area contributed by atoms with Gasteiger partial charge in [-0.1, -0.05) is 27.7 Å². The predicted octanol–water partition coefficient (Wildman–Crippen LogP) is 1.78. The standard InChI is InChI=1S/C13H15IN4O/c1-7(2)13-11(3,4)12(6-16,10(19)18-13)8(5-15)9(14)17-13/h7,17H,1-4H3,(H,18,19)/t12-,13-/m0/s1. The van der Waals surface area contributed by atoms with Gasteiger partial charge in [-0.3, -0.25) is 4.79 Å². The van der Waals surface area contributed by atoms with Gasteiger partial charge in [0.25, 0.3) is 0 Å². The van der Waals surface area contributed by atoms with Gasteiger partial charge in [0.15, 0.2) is 5.41 Å². The monoisotopic (exact) mass is 370 g/mol. The SMILES string of the molecule is CC(C)[C@@]12NC(=O)[C@](C#N)(C(C#N)=C(I)N1)C2(C)C. The van der Waals surface area contributed by atoms with Gasteiger partial charge >= 0.3 is 0 Å². The van der Waals surface area contributed by atoms with Gasteiger partial charge < -0.3 is 10.6 Å². The third-order valence-corrected chi connectivity index (χ3v) is 5.43. The largest absolute Gasteiger partial charge is 0.356 e. The van der Waals surface area contributed by atoms with Crippen LogP contribution in [0, 0.1) is 39.4 Å². The van der Waals surface area contributed by atoms with E-state index in [-0.39, 0.29) is 17.4 Å². The molecular formula is C13H15IN4O. The van der Waals surface area contributed by atoms with Gasteiger partial charge in [0, 0.05) is 5.41 Å². The van der Waals surface area contributed by atoms with Gasteiger partial charge in [-0.25, -0.2) is 0 Å². The fraction of sp³-hybridized carbons (Fsp3) is 0.615. The van der Waals surface area contributed by atoms with Crippen LogP contribution in [0.5, 0.6) is 0 Å². The summed E-state index contributed by atoms with van der Waals surface area (Å²) in [6.07, 6.45) is 0. The van der Waals surface area contributed by atoms with Crippen LogP contribution in [0.2, 0.25) is 0 Å². The Bertz CT molecular complexity index is 580. The Morgan fingerprint density at radius 1 is 1.26 bits per heavy atom. The van der Waals surface area contributed by atoms with Crippen LogP contribution in [0.4, 0.5) is 0 Å². The average molecular weight is 370 g/mol. The van der Waals surface area contributed by atoms with Crippen molar-refractivity contribution in [2.75, 3.05) is 0 Å². The molecule has 2 heterocycles. The van der Waals surface area contributed by atoms with E-state index in [1.165, 1.54) is 0 Å². The van der Waals surface area contributed by atoms with Gasteiger partial charge in [0.05, 0.1) is 21.4 Å². The van der Waals surface area contributed by atoms with Crippen LogP contribution >= 0.6 is 22.6 Å². The van der Waals surface area contributed by atoms with Crippen LogP contribution in [0.3, 0.4) is 0 Å². The van der Waals surface area contributed by atoms with Gasteiger partial charge in [0.1, 0.15) is 5.66 Å². The van der Waals surface area contributed by atoms with Gasteiger partial charge in [-0.2, -0.15) is 10.5 Å². The first-order chi connectivity index (χ1) is 8.71. The summed E-state index contributed by atoms with van der Waals surface area (Å²) in [6, 6.07) is 4.16. The van der Waals surface area contributed by atoms with Crippen molar-refractivity contribution in [1.29, 1.82) is 10.5 Å². The molecule has 5 nitrogen and oxygen atoms in total. The maximum absolute atomic E-state index is 12.5. The Hall–Kier alpha value is -1.28. The van der Waals surface area contributed by atoms with Crippen molar-refractivity contribution in [3.05, 3.63) is 9.28 Å². The van der Waals surface area contributed by atoms with E-state index in [1.54, 1.807) is 0 Å². The summed E-state index contributed by atoms with van der Waals surface area (Å²) in [7, 11) is 0. The van der Waals surface area contributed by atoms with Crippen LogP contribution in [0.1, 0.15) is 27.7 Å². The number of fused-ring (bicyclic) bond motifs is 2. The molecule has 0 radical (unpaired) electrons. The lowest BCUT2D eigenvalue weighted by atomic mass is 9.56. The van der Waals surface area contributed by atoms with E-state index >= 15 is 0 Å². The molecule has 1 saturated heterocycles. The van der Waals surface area contributed by atoms with Crippen LogP contribution in [-0.4, -0.2) is 11.6 Å². The van der Waals surface area contributed by atoms with E-state index in [0.29, 0.717) is 3.70 Å². The predicted molar refractivity (Wildman–Crippen MR) is 77.3 cm³/mol. The van der Waals surface area contributed by atoms with Crippen molar-refractivity contribution < 1.29 is 4.79 Å². The lowest BCUT2D eigenvalue weighted by Crippen LogP contribution is -2.67. The molecule has 0 spiro atoms. The zero-order valence-electron chi connectivity index (χ0n) is 11.3. The van der Waals surface area contributed by atoms with Crippen molar-refractivity contribution in [3.63, 3.8) is 0 Å². The molecule has 0 unspecified atom stereocenters. The van der Waals surface area contributed by atoms with Crippen molar-refractivity contribution in [1.82, 2.24) is 10.6 Å². The molecule has 2 bridgehead atoms. The first-order valence-electron chi connectivity index (χ1n) is 6.03. The molecule has 19 heavy (non-hydrogen) atoms. The third kappa shape index (κ3) is 1.26.